The normalized spacial score (nSPS) is 9.09. The van der Waals surface area contributed by atoms with Crippen LogP contribution < -0.4 is 0 Å². The van der Waals surface area contributed by atoms with Crippen LogP contribution in [0.1, 0.15) is 0 Å². The molecule has 0 saturated carbocycles. The van der Waals surface area contributed by atoms with Crippen LogP contribution in [-0.2, 0) is 10.5 Å². The summed E-state index contributed by atoms with van der Waals surface area (Å²) >= 11 is 0. The summed E-state index contributed by atoms with van der Waals surface area (Å²) in [4.78, 5) is 0. The molecule has 0 aromatic heterocycles. The summed E-state index contributed by atoms with van der Waals surface area (Å²) in [6, 6.07) is 5.55. The van der Waals surface area contributed by atoms with Crippen molar-refractivity contribution in [3.8, 4) is 5.75 Å². The van der Waals surface area contributed by atoms with Crippen LogP contribution in [0.15, 0.2) is 28.6 Å². The Morgan fingerprint density at radius 2 is 1.73 bits per heavy atom. The van der Waals surface area contributed by atoms with Gasteiger partial charge in [-0.25, -0.2) is 0 Å². The van der Waals surface area contributed by atoms with Gasteiger partial charge in [-0.15, -0.1) is 4.36 Å². The van der Waals surface area contributed by atoms with E-state index in [0.717, 1.165) is 0 Å². The first-order valence-electron chi connectivity index (χ1n) is 2.78. The van der Waals surface area contributed by atoms with Gasteiger partial charge in [0, 0.05) is 0 Å². The maximum absolute atomic E-state index is 10.0. The molecule has 1 rings (SSSR count). The van der Waals surface area contributed by atoms with Gasteiger partial charge in [-0.3, -0.25) is 0 Å². The lowest BCUT2D eigenvalue weighted by atomic mass is 10.3. The van der Waals surface area contributed by atoms with Crippen molar-refractivity contribution >= 4 is 16.2 Å². The molecular formula is C6H5NO3S. The zero-order valence-electron chi connectivity index (χ0n) is 5.43. The SMILES string of the molecule is O=S(=O)=Nc1ccc(O)cc1. The van der Waals surface area contributed by atoms with Crippen molar-refractivity contribution in [2.24, 2.45) is 4.36 Å². The molecule has 1 aromatic carbocycles. The Morgan fingerprint density at radius 1 is 1.18 bits per heavy atom. The van der Waals surface area contributed by atoms with E-state index in [2.05, 4.69) is 4.36 Å². The van der Waals surface area contributed by atoms with Gasteiger partial charge >= 0.3 is 10.5 Å². The van der Waals surface area contributed by atoms with Gasteiger partial charge in [0.05, 0.1) is 5.69 Å². The predicted octanol–water partition coefficient (Wildman–Crippen LogP) is 1.09. The van der Waals surface area contributed by atoms with E-state index >= 15 is 0 Å². The summed E-state index contributed by atoms with van der Waals surface area (Å²) < 4.78 is 23.3. The van der Waals surface area contributed by atoms with Crippen LogP contribution in [0, 0.1) is 0 Å². The summed E-state index contributed by atoms with van der Waals surface area (Å²) in [6.07, 6.45) is 0. The molecule has 0 aliphatic carbocycles. The first-order valence-corrected chi connectivity index (χ1v) is 3.82. The number of aromatic hydroxyl groups is 1. The molecule has 58 valence electrons. The van der Waals surface area contributed by atoms with E-state index in [1.807, 2.05) is 0 Å². The second-order valence-corrected chi connectivity index (χ2v) is 2.44. The van der Waals surface area contributed by atoms with Crippen molar-refractivity contribution in [2.75, 3.05) is 0 Å². The Balaban J connectivity index is 3.09. The van der Waals surface area contributed by atoms with E-state index in [0.29, 0.717) is 5.69 Å². The van der Waals surface area contributed by atoms with Crippen LogP contribution in [0.4, 0.5) is 5.69 Å². The van der Waals surface area contributed by atoms with E-state index in [9.17, 15) is 8.42 Å². The molecule has 4 nitrogen and oxygen atoms in total. The first-order chi connectivity index (χ1) is 5.18. The van der Waals surface area contributed by atoms with Crippen LogP contribution in [0.5, 0.6) is 5.75 Å². The molecule has 0 saturated heterocycles. The fourth-order valence-electron chi connectivity index (χ4n) is 0.600. The maximum Gasteiger partial charge on any atom is 0.316 e. The monoisotopic (exact) mass is 171 g/mol. The van der Waals surface area contributed by atoms with Crippen LogP contribution in [0.25, 0.3) is 0 Å². The third-order valence-electron chi connectivity index (χ3n) is 1.03. The topological polar surface area (TPSA) is 66.7 Å². The van der Waals surface area contributed by atoms with Crippen LogP contribution >= 0.6 is 0 Å². The van der Waals surface area contributed by atoms with Crippen molar-refractivity contribution in [3.63, 3.8) is 0 Å². The van der Waals surface area contributed by atoms with E-state index < -0.39 is 10.5 Å². The van der Waals surface area contributed by atoms with E-state index in [-0.39, 0.29) is 5.75 Å². The minimum atomic E-state index is -2.43. The number of phenolic OH excluding ortho intramolecular Hbond substituents is 1. The van der Waals surface area contributed by atoms with Crippen LogP contribution in [0.2, 0.25) is 0 Å². The quantitative estimate of drug-likeness (QED) is 0.687. The fraction of sp³-hybridized carbons (Fsp3) is 0. The van der Waals surface area contributed by atoms with Crippen molar-refractivity contribution in [3.05, 3.63) is 24.3 Å². The summed E-state index contributed by atoms with van der Waals surface area (Å²) in [5, 5.41) is 8.80. The van der Waals surface area contributed by atoms with E-state index in [1.54, 1.807) is 0 Å². The number of nitrogens with zero attached hydrogens (tertiary/aromatic N) is 1. The summed E-state index contributed by atoms with van der Waals surface area (Å²) in [6.45, 7) is 0. The molecule has 0 fully saturated rings. The molecule has 5 heteroatoms. The maximum atomic E-state index is 10.0. The third-order valence-corrected chi connectivity index (χ3v) is 1.39. The molecule has 0 spiro atoms. The van der Waals surface area contributed by atoms with Gasteiger partial charge in [0.1, 0.15) is 5.75 Å². The molecule has 0 heterocycles. The van der Waals surface area contributed by atoms with Gasteiger partial charge in [0.2, 0.25) is 0 Å². The van der Waals surface area contributed by atoms with Gasteiger partial charge in [-0.2, -0.15) is 8.42 Å². The Kier molecular flexibility index (Phi) is 2.22. The molecule has 0 radical (unpaired) electrons. The largest absolute Gasteiger partial charge is 0.508 e. The molecule has 1 N–H and O–H groups in total. The van der Waals surface area contributed by atoms with Crippen molar-refractivity contribution in [1.82, 2.24) is 0 Å². The van der Waals surface area contributed by atoms with Crippen LogP contribution in [-0.4, -0.2) is 13.5 Å². The summed E-state index contributed by atoms with van der Waals surface area (Å²) in [7, 11) is -2.43. The number of hydrogen-bond acceptors (Lipinski definition) is 4. The Morgan fingerprint density at radius 3 is 2.18 bits per heavy atom. The Hall–Kier alpha value is -1.36. The van der Waals surface area contributed by atoms with Gasteiger partial charge in [0.25, 0.3) is 0 Å². The lowest BCUT2D eigenvalue weighted by Crippen LogP contribution is -1.64. The minimum absolute atomic E-state index is 0.0839. The van der Waals surface area contributed by atoms with Crippen molar-refractivity contribution < 1.29 is 13.5 Å². The highest BCUT2D eigenvalue weighted by Gasteiger charge is 1.88. The number of benzene rings is 1. The van der Waals surface area contributed by atoms with Gasteiger partial charge in [-0.1, -0.05) is 0 Å². The fourth-order valence-corrected chi connectivity index (χ4v) is 0.893. The average molecular weight is 171 g/mol. The van der Waals surface area contributed by atoms with Gasteiger partial charge < -0.3 is 5.11 Å². The summed E-state index contributed by atoms with van der Waals surface area (Å²) in [5.74, 6) is 0.0839. The first kappa shape index (κ1) is 7.74. The molecule has 0 bridgehead atoms. The number of hydrogen-bond donors (Lipinski definition) is 1. The standard InChI is InChI=1S/C6H5NO3S/c8-6-3-1-5(2-4-6)7-11(9)10/h1-4,8H. The predicted molar refractivity (Wildman–Crippen MR) is 39.1 cm³/mol. The van der Waals surface area contributed by atoms with Crippen molar-refractivity contribution in [2.45, 2.75) is 0 Å². The summed E-state index contributed by atoms with van der Waals surface area (Å²) in [5.41, 5.74) is 0.302. The Labute approximate surface area is 64.8 Å². The molecule has 0 atom stereocenters. The minimum Gasteiger partial charge on any atom is -0.508 e. The molecular weight excluding hydrogens is 166 g/mol. The molecule has 0 aliphatic heterocycles. The molecule has 11 heavy (non-hydrogen) atoms. The number of phenols is 1. The second kappa shape index (κ2) is 3.16. The highest BCUT2D eigenvalue weighted by molar-refractivity contribution is 7.61. The zero-order valence-corrected chi connectivity index (χ0v) is 6.25. The third kappa shape index (κ3) is 2.38. The van der Waals surface area contributed by atoms with Gasteiger partial charge in [0.15, 0.2) is 0 Å². The van der Waals surface area contributed by atoms with Crippen molar-refractivity contribution in [1.29, 1.82) is 0 Å². The lowest BCUT2D eigenvalue weighted by Gasteiger charge is -1.89. The molecule has 0 aliphatic rings. The smallest absolute Gasteiger partial charge is 0.316 e. The van der Waals surface area contributed by atoms with Gasteiger partial charge in [-0.05, 0) is 24.3 Å². The highest BCUT2D eigenvalue weighted by atomic mass is 32.2. The average Bonchev–Trinajstić information content (AvgIpc) is 1.93. The van der Waals surface area contributed by atoms with E-state index in [4.69, 9.17) is 5.11 Å². The lowest BCUT2D eigenvalue weighted by molar-refractivity contribution is 0.475. The highest BCUT2D eigenvalue weighted by Crippen LogP contribution is 2.15. The molecule has 0 unspecified atom stereocenters. The second-order valence-electron chi connectivity index (χ2n) is 1.82. The Bertz CT molecular complexity index is 357. The number of rotatable bonds is 1. The van der Waals surface area contributed by atoms with E-state index in [1.165, 1.54) is 24.3 Å². The molecule has 0 amide bonds. The van der Waals surface area contributed by atoms with Crippen LogP contribution in [0.3, 0.4) is 0 Å². The molecule has 1 aromatic rings. The zero-order chi connectivity index (χ0) is 8.27.